The van der Waals surface area contributed by atoms with Crippen molar-refractivity contribution in [1.29, 1.82) is 0 Å². The highest BCUT2D eigenvalue weighted by Gasteiger charge is 2.04. The van der Waals surface area contributed by atoms with Crippen LogP contribution in [0.2, 0.25) is 0 Å². The molecule has 2 rings (SSSR count). The van der Waals surface area contributed by atoms with E-state index < -0.39 is 5.97 Å². The summed E-state index contributed by atoms with van der Waals surface area (Å²) in [4.78, 5) is 10.9. The van der Waals surface area contributed by atoms with Gasteiger partial charge in [0.15, 0.2) is 0 Å². The van der Waals surface area contributed by atoms with Gasteiger partial charge in [0.05, 0.1) is 12.2 Å². The zero-order chi connectivity index (χ0) is 12.3. The molecule has 2 N–H and O–H groups in total. The number of benzene rings is 2. The van der Waals surface area contributed by atoms with E-state index in [1.807, 2.05) is 30.3 Å². The van der Waals surface area contributed by atoms with Crippen LogP contribution in [0.15, 0.2) is 48.5 Å². The standard InChI is InChI=1S/C14H12O3/c15-9-10-4-6-11(7-5-10)12-2-1-3-13(8-12)14(16)17/h1-8,15H,9H2,(H,16,17). The lowest BCUT2D eigenvalue weighted by atomic mass is 10.0. The van der Waals surface area contributed by atoms with Crippen molar-refractivity contribution in [2.45, 2.75) is 6.61 Å². The third-order valence-electron chi connectivity index (χ3n) is 2.58. The van der Waals surface area contributed by atoms with E-state index in [0.717, 1.165) is 16.7 Å². The molecule has 0 amide bonds. The first-order valence-electron chi connectivity index (χ1n) is 5.24. The molecule has 0 aliphatic heterocycles. The zero-order valence-electron chi connectivity index (χ0n) is 9.13. The molecule has 2 aromatic carbocycles. The van der Waals surface area contributed by atoms with Crippen LogP contribution in [0.4, 0.5) is 0 Å². The van der Waals surface area contributed by atoms with Gasteiger partial charge in [-0.2, -0.15) is 0 Å². The minimum absolute atomic E-state index is 0.00937. The normalized spacial score (nSPS) is 10.2. The van der Waals surface area contributed by atoms with E-state index in [1.54, 1.807) is 18.2 Å². The third kappa shape index (κ3) is 2.52. The topological polar surface area (TPSA) is 57.5 Å². The Kier molecular flexibility index (Phi) is 3.21. The molecule has 3 heteroatoms. The van der Waals surface area contributed by atoms with Crippen molar-refractivity contribution in [1.82, 2.24) is 0 Å². The molecule has 0 aromatic heterocycles. The number of carboxylic acid groups (broad SMARTS) is 1. The number of carboxylic acids is 1. The Bertz CT molecular complexity index is 529. The van der Waals surface area contributed by atoms with Crippen LogP contribution < -0.4 is 0 Å². The smallest absolute Gasteiger partial charge is 0.335 e. The van der Waals surface area contributed by atoms with Crippen molar-refractivity contribution in [2.75, 3.05) is 0 Å². The Morgan fingerprint density at radius 2 is 1.71 bits per heavy atom. The number of hydrogen-bond acceptors (Lipinski definition) is 2. The van der Waals surface area contributed by atoms with Gasteiger partial charge in [-0.3, -0.25) is 0 Å². The van der Waals surface area contributed by atoms with Crippen molar-refractivity contribution < 1.29 is 15.0 Å². The highest BCUT2D eigenvalue weighted by molar-refractivity contribution is 5.89. The molecule has 0 aliphatic carbocycles. The van der Waals surface area contributed by atoms with Gasteiger partial charge in [-0.25, -0.2) is 4.79 Å². The van der Waals surface area contributed by atoms with Crippen molar-refractivity contribution in [3.8, 4) is 11.1 Å². The van der Waals surface area contributed by atoms with E-state index in [1.165, 1.54) is 0 Å². The molecule has 0 radical (unpaired) electrons. The van der Waals surface area contributed by atoms with E-state index in [9.17, 15) is 4.79 Å². The largest absolute Gasteiger partial charge is 0.478 e. The summed E-state index contributed by atoms with van der Waals surface area (Å²) in [7, 11) is 0. The summed E-state index contributed by atoms with van der Waals surface area (Å²) < 4.78 is 0. The van der Waals surface area contributed by atoms with Gasteiger partial charge in [0, 0.05) is 0 Å². The van der Waals surface area contributed by atoms with Gasteiger partial charge < -0.3 is 10.2 Å². The summed E-state index contributed by atoms with van der Waals surface area (Å²) in [6.45, 7) is 0.00937. The summed E-state index contributed by atoms with van der Waals surface area (Å²) in [5, 5.41) is 17.8. The molecule has 3 nitrogen and oxygen atoms in total. The Morgan fingerprint density at radius 1 is 1.00 bits per heavy atom. The van der Waals surface area contributed by atoms with E-state index in [2.05, 4.69) is 0 Å². The van der Waals surface area contributed by atoms with Crippen molar-refractivity contribution in [3.05, 3.63) is 59.7 Å². The number of aromatic carboxylic acids is 1. The van der Waals surface area contributed by atoms with E-state index in [0.29, 0.717) is 0 Å². The van der Waals surface area contributed by atoms with Crippen LogP contribution in [0.25, 0.3) is 11.1 Å². The van der Waals surface area contributed by atoms with Gasteiger partial charge in [0.1, 0.15) is 0 Å². The molecule has 17 heavy (non-hydrogen) atoms. The monoisotopic (exact) mass is 228 g/mol. The van der Waals surface area contributed by atoms with Gasteiger partial charge in [0.25, 0.3) is 0 Å². The van der Waals surface area contributed by atoms with E-state index >= 15 is 0 Å². The fourth-order valence-electron chi connectivity index (χ4n) is 1.63. The summed E-state index contributed by atoms with van der Waals surface area (Å²) in [5.41, 5.74) is 2.90. The quantitative estimate of drug-likeness (QED) is 0.848. The maximum absolute atomic E-state index is 10.9. The summed E-state index contributed by atoms with van der Waals surface area (Å²) in [5.74, 6) is -0.932. The molecular formula is C14H12O3. The molecule has 0 saturated heterocycles. The van der Waals surface area contributed by atoms with Crippen LogP contribution in [0.3, 0.4) is 0 Å². The molecule has 0 bridgehead atoms. The second kappa shape index (κ2) is 4.80. The van der Waals surface area contributed by atoms with Crippen molar-refractivity contribution in [3.63, 3.8) is 0 Å². The van der Waals surface area contributed by atoms with Crippen LogP contribution in [0.1, 0.15) is 15.9 Å². The summed E-state index contributed by atoms with van der Waals surface area (Å²) >= 11 is 0. The maximum atomic E-state index is 10.9. The SMILES string of the molecule is O=C(O)c1cccc(-c2ccc(CO)cc2)c1. The van der Waals surface area contributed by atoms with Gasteiger partial charge in [-0.15, -0.1) is 0 Å². The number of hydrogen-bond donors (Lipinski definition) is 2. The van der Waals surface area contributed by atoms with Gasteiger partial charge >= 0.3 is 5.97 Å². The predicted molar refractivity (Wildman–Crippen MR) is 64.8 cm³/mol. The number of aliphatic hydroxyl groups excluding tert-OH is 1. The second-order valence-electron chi connectivity index (χ2n) is 3.74. The van der Waals surface area contributed by atoms with Crippen molar-refractivity contribution in [2.24, 2.45) is 0 Å². The van der Waals surface area contributed by atoms with Crippen molar-refractivity contribution >= 4 is 5.97 Å². The van der Waals surface area contributed by atoms with Gasteiger partial charge in [-0.1, -0.05) is 36.4 Å². The van der Waals surface area contributed by atoms with Crippen LogP contribution in [0, 0.1) is 0 Å². The molecule has 0 aliphatic rings. The van der Waals surface area contributed by atoms with E-state index in [4.69, 9.17) is 10.2 Å². The molecule has 0 spiro atoms. The maximum Gasteiger partial charge on any atom is 0.335 e. The van der Waals surface area contributed by atoms with Crippen LogP contribution in [-0.4, -0.2) is 16.2 Å². The minimum Gasteiger partial charge on any atom is -0.478 e. The zero-order valence-corrected chi connectivity index (χ0v) is 9.13. The molecule has 2 aromatic rings. The summed E-state index contributed by atoms with van der Waals surface area (Å²) in [6, 6.07) is 14.2. The Hall–Kier alpha value is -2.13. The van der Waals surface area contributed by atoms with Crippen LogP contribution in [0.5, 0.6) is 0 Å². The molecule has 86 valence electrons. The molecule has 0 saturated carbocycles. The second-order valence-corrected chi connectivity index (χ2v) is 3.74. The Labute approximate surface area is 99.0 Å². The van der Waals surface area contributed by atoms with Gasteiger partial charge in [0.2, 0.25) is 0 Å². The fourth-order valence-corrected chi connectivity index (χ4v) is 1.63. The molecule has 0 unspecified atom stereocenters. The predicted octanol–water partition coefficient (Wildman–Crippen LogP) is 2.54. The molecule has 0 heterocycles. The van der Waals surface area contributed by atoms with E-state index in [-0.39, 0.29) is 12.2 Å². The lowest BCUT2D eigenvalue weighted by Gasteiger charge is -2.04. The Morgan fingerprint density at radius 3 is 2.29 bits per heavy atom. The highest BCUT2D eigenvalue weighted by atomic mass is 16.4. The lowest BCUT2D eigenvalue weighted by molar-refractivity contribution is 0.0697. The molecular weight excluding hydrogens is 216 g/mol. The number of rotatable bonds is 3. The lowest BCUT2D eigenvalue weighted by Crippen LogP contribution is -1.95. The molecule has 0 fully saturated rings. The molecule has 0 atom stereocenters. The van der Waals surface area contributed by atoms with Crippen LogP contribution in [-0.2, 0) is 6.61 Å². The van der Waals surface area contributed by atoms with Gasteiger partial charge in [-0.05, 0) is 28.8 Å². The highest BCUT2D eigenvalue weighted by Crippen LogP contribution is 2.21. The third-order valence-corrected chi connectivity index (χ3v) is 2.58. The first-order chi connectivity index (χ1) is 8.20. The minimum atomic E-state index is -0.932. The van der Waals surface area contributed by atoms with Crippen LogP contribution >= 0.6 is 0 Å². The number of aliphatic hydroxyl groups is 1. The first-order valence-corrected chi connectivity index (χ1v) is 5.24. The average molecular weight is 228 g/mol. The number of carbonyl (C=O) groups is 1. The Balaban J connectivity index is 2.38. The fraction of sp³-hybridized carbons (Fsp3) is 0.0714. The average Bonchev–Trinajstić information content (AvgIpc) is 2.39. The first kappa shape index (κ1) is 11.4. The summed E-state index contributed by atoms with van der Waals surface area (Å²) in [6.07, 6.45) is 0.